The quantitative estimate of drug-likeness (QED) is 0.850. The van der Waals surface area contributed by atoms with Gasteiger partial charge in [-0.05, 0) is 45.8 Å². The van der Waals surface area contributed by atoms with Crippen molar-refractivity contribution in [2.75, 3.05) is 19.6 Å². The summed E-state index contributed by atoms with van der Waals surface area (Å²) in [5, 5.41) is 3.53. The van der Waals surface area contributed by atoms with Crippen LogP contribution >= 0.6 is 0 Å². The molecule has 2 rings (SSSR count). The third kappa shape index (κ3) is 3.82. The molecule has 1 saturated heterocycles. The van der Waals surface area contributed by atoms with Crippen LogP contribution in [0.2, 0.25) is 0 Å². The van der Waals surface area contributed by atoms with Gasteiger partial charge < -0.3 is 14.6 Å². The van der Waals surface area contributed by atoms with E-state index < -0.39 is 0 Å². The van der Waals surface area contributed by atoms with Crippen LogP contribution in [0, 0.1) is 6.92 Å². The zero-order valence-corrected chi connectivity index (χ0v) is 10.9. The minimum Gasteiger partial charge on any atom is -0.445 e. The lowest BCUT2D eigenvalue weighted by molar-refractivity contribution is 0.195. The van der Waals surface area contributed by atoms with Gasteiger partial charge in [-0.2, -0.15) is 0 Å². The van der Waals surface area contributed by atoms with Crippen LogP contribution in [0.5, 0.6) is 0 Å². The van der Waals surface area contributed by atoms with E-state index in [2.05, 4.69) is 22.1 Å². The number of aromatic nitrogens is 1. The molecule has 1 aromatic rings. The second-order valence-corrected chi connectivity index (χ2v) is 4.86. The van der Waals surface area contributed by atoms with Gasteiger partial charge in [0.25, 0.3) is 0 Å². The summed E-state index contributed by atoms with van der Waals surface area (Å²) in [5.74, 6) is 1.69. The molecule has 4 nitrogen and oxygen atoms in total. The first kappa shape index (κ1) is 12.6. The maximum Gasteiger partial charge on any atom is 0.208 e. The van der Waals surface area contributed by atoms with Crippen LogP contribution in [0.25, 0.3) is 0 Å². The number of oxazole rings is 1. The summed E-state index contributed by atoms with van der Waals surface area (Å²) in [6.45, 7) is 8.61. The normalized spacial score (nSPS) is 18.7. The molecule has 0 aliphatic carbocycles. The van der Waals surface area contributed by atoms with Gasteiger partial charge in [0.2, 0.25) is 5.89 Å². The zero-order chi connectivity index (χ0) is 12.1. The number of rotatable bonds is 5. The van der Waals surface area contributed by atoms with Crippen molar-refractivity contribution < 1.29 is 4.42 Å². The van der Waals surface area contributed by atoms with Crippen molar-refractivity contribution in [1.82, 2.24) is 15.2 Å². The van der Waals surface area contributed by atoms with Crippen LogP contribution in [0.3, 0.4) is 0 Å². The van der Waals surface area contributed by atoms with Crippen molar-refractivity contribution in [2.45, 2.75) is 45.7 Å². The fraction of sp³-hybridized carbons (Fsp3) is 0.769. The molecule has 0 radical (unpaired) electrons. The number of piperidine rings is 1. The van der Waals surface area contributed by atoms with Gasteiger partial charge in [0.15, 0.2) is 0 Å². The highest BCUT2D eigenvalue weighted by atomic mass is 16.4. The Hall–Kier alpha value is -0.870. The van der Waals surface area contributed by atoms with Crippen LogP contribution in [0.1, 0.15) is 37.8 Å². The average molecular weight is 237 g/mol. The Balaban J connectivity index is 1.68. The van der Waals surface area contributed by atoms with E-state index in [0.717, 1.165) is 18.2 Å². The largest absolute Gasteiger partial charge is 0.445 e. The molecule has 0 unspecified atom stereocenters. The molecule has 0 saturated carbocycles. The Kier molecular flexibility index (Phi) is 4.57. The highest BCUT2D eigenvalue weighted by Gasteiger charge is 2.18. The molecular formula is C13H23N3O. The lowest BCUT2D eigenvalue weighted by Crippen LogP contribution is -2.42. The van der Waals surface area contributed by atoms with Crippen LogP contribution < -0.4 is 5.32 Å². The Morgan fingerprint density at radius 1 is 1.47 bits per heavy atom. The minimum absolute atomic E-state index is 0.621. The fourth-order valence-corrected chi connectivity index (χ4v) is 2.39. The Bertz CT molecular complexity index is 329. The predicted molar refractivity (Wildman–Crippen MR) is 67.8 cm³/mol. The fourth-order valence-electron chi connectivity index (χ4n) is 2.39. The van der Waals surface area contributed by atoms with Crippen LogP contribution in [0.4, 0.5) is 0 Å². The van der Waals surface area contributed by atoms with Gasteiger partial charge in [-0.15, -0.1) is 0 Å². The van der Waals surface area contributed by atoms with Gasteiger partial charge in [-0.3, -0.25) is 0 Å². The molecule has 1 N–H and O–H groups in total. The average Bonchev–Trinajstić information content (AvgIpc) is 2.75. The first-order valence-corrected chi connectivity index (χ1v) is 6.65. The number of hydrogen-bond donors (Lipinski definition) is 1. The van der Waals surface area contributed by atoms with Gasteiger partial charge in [-0.1, -0.05) is 6.92 Å². The van der Waals surface area contributed by atoms with E-state index in [0.29, 0.717) is 6.04 Å². The van der Waals surface area contributed by atoms with E-state index in [4.69, 9.17) is 4.42 Å². The maximum absolute atomic E-state index is 5.45. The first-order valence-electron chi connectivity index (χ1n) is 6.65. The topological polar surface area (TPSA) is 41.3 Å². The molecule has 2 heterocycles. The molecule has 17 heavy (non-hydrogen) atoms. The minimum atomic E-state index is 0.621. The van der Waals surface area contributed by atoms with Crippen molar-refractivity contribution >= 4 is 0 Å². The standard InChI is InChI=1S/C13H23N3O/c1-3-6-16-7-4-12(5-8-16)14-10-13-15-9-11(2)17-13/h9,12,14H,3-8,10H2,1-2H3. The van der Waals surface area contributed by atoms with Crippen molar-refractivity contribution in [3.05, 3.63) is 17.8 Å². The van der Waals surface area contributed by atoms with E-state index in [1.54, 1.807) is 6.20 Å². The first-order chi connectivity index (χ1) is 8.28. The number of aryl methyl sites for hydroxylation is 1. The smallest absolute Gasteiger partial charge is 0.208 e. The zero-order valence-electron chi connectivity index (χ0n) is 10.9. The Labute approximate surface area is 103 Å². The third-order valence-electron chi connectivity index (χ3n) is 3.34. The molecule has 1 aliphatic heterocycles. The van der Waals surface area contributed by atoms with E-state index in [9.17, 15) is 0 Å². The van der Waals surface area contributed by atoms with Crippen LogP contribution in [0.15, 0.2) is 10.6 Å². The molecule has 4 heteroatoms. The molecule has 0 aromatic carbocycles. The number of nitrogens with zero attached hydrogens (tertiary/aromatic N) is 2. The molecule has 0 amide bonds. The molecule has 0 bridgehead atoms. The summed E-state index contributed by atoms with van der Waals surface area (Å²) < 4.78 is 5.45. The Morgan fingerprint density at radius 2 is 2.24 bits per heavy atom. The molecular weight excluding hydrogens is 214 g/mol. The third-order valence-corrected chi connectivity index (χ3v) is 3.34. The molecule has 96 valence electrons. The van der Waals surface area contributed by atoms with Crippen molar-refractivity contribution in [3.8, 4) is 0 Å². The molecule has 1 fully saturated rings. The summed E-state index contributed by atoms with van der Waals surface area (Å²) in [7, 11) is 0. The molecule has 0 atom stereocenters. The van der Waals surface area contributed by atoms with Crippen LogP contribution in [-0.4, -0.2) is 35.6 Å². The molecule has 1 aliphatic rings. The number of nitrogens with one attached hydrogen (secondary N) is 1. The van der Waals surface area contributed by atoms with Crippen molar-refractivity contribution in [3.63, 3.8) is 0 Å². The van der Waals surface area contributed by atoms with E-state index in [1.165, 1.54) is 38.9 Å². The van der Waals surface area contributed by atoms with Gasteiger partial charge in [0.1, 0.15) is 5.76 Å². The summed E-state index contributed by atoms with van der Waals surface area (Å²) >= 11 is 0. The van der Waals surface area contributed by atoms with E-state index in [-0.39, 0.29) is 0 Å². The van der Waals surface area contributed by atoms with Gasteiger partial charge in [-0.25, -0.2) is 4.98 Å². The monoisotopic (exact) mass is 237 g/mol. The van der Waals surface area contributed by atoms with E-state index in [1.807, 2.05) is 6.92 Å². The van der Waals surface area contributed by atoms with Gasteiger partial charge in [0, 0.05) is 6.04 Å². The summed E-state index contributed by atoms with van der Waals surface area (Å²) in [4.78, 5) is 6.75. The van der Waals surface area contributed by atoms with Gasteiger partial charge >= 0.3 is 0 Å². The van der Waals surface area contributed by atoms with E-state index >= 15 is 0 Å². The predicted octanol–water partition coefficient (Wildman–Crippen LogP) is 1.95. The lowest BCUT2D eigenvalue weighted by atomic mass is 10.1. The van der Waals surface area contributed by atoms with Crippen molar-refractivity contribution in [2.24, 2.45) is 0 Å². The maximum atomic E-state index is 5.45. The van der Waals surface area contributed by atoms with Crippen molar-refractivity contribution in [1.29, 1.82) is 0 Å². The second kappa shape index (κ2) is 6.17. The highest BCUT2D eigenvalue weighted by Crippen LogP contribution is 2.11. The molecule has 1 aromatic heterocycles. The molecule has 0 spiro atoms. The number of likely N-dealkylation sites (tertiary alicyclic amines) is 1. The summed E-state index contributed by atoms with van der Waals surface area (Å²) in [5.41, 5.74) is 0. The lowest BCUT2D eigenvalue weighted by Gasteiger charge is -2.31. The van der Waals surface area contributed by atoms with Gasteiger partial charge in [0.05, 0.1) is 12.7 Å². The second-order valence-electron chi connectivity index (χ2n) is 4.86. The summed E-state index contributed by atoms with van der Waals surface area (Å²) in [6.07, 6.45) is 5.51. The number of hydrogen-bond acceptors (Lipinski definition) is 4. The highest BCUT2D eigenvalue weighted by molar-refractivity contribution is 4.91. The SMILES string of the molecule is CCCN1CCC(NCc2ncc(C)o2)CC1. The van der Waals surface area contributed by atoms with Crippen LogP contribution in [-0.2, 0) is 6.54 Å². The Morgan fingerprint density at radius 3 is 2.82 bits per heavy atom. The summed E-state index contributed by atoms with van der Waals surface area (Å²) in [6, 6.07) is 0.621.